The van der Waals surface area contributed by atoms with Crippen LogP contribution >= 0.6 is 0 Å². The van der Waals surface area contributed by atoms with Crippen molar-refractivity contribution in [1.29, 1.82) is 0 Å². The Balaban J connectivity index is 1.80. The number of rotatable bonds is 6. The number of benzene rings is 2. The van der Waals surface area contributed by atoms with Gasteiger partial charge in [0.05, 0.1) is 12.0 Å². The van der Waals surface area contributed by atoms with Crippen LogP contribution in [0.4, 0.5) is 10.5 Å². The van der Waals surface area contributed by atoms with Crippen molar-refractivity contribution in [2.24, 2.45) is 0 Å². The molecule has 0 aliphatic rings. The molecule has 2 aromatic carbocycles. The lowest BCUT2D eigenvalue weighted by Crippen LogP contribution is -2.34. The van der Waals surface area contributed by atoms with Gasteiger partial charge in [-0.25, -0.2) is 4.79 Å². The molecule has 120 valence electrons. The van der Waals surface area contributed by atoms with Gasteiger partial charge >= 0.3 is 6.03 Å². The van der Waals surface area contributed by atoms with Gasteiger partial charge in [0.15, 0.2) is 0 Å². The van der Waals surface area contributed by atoms with E-state index in [1.165, 1.54) is 12.1 Å². The summed E-state index contributed by atoms with van der Waals surface area (Å²) in [5.74, 6) is 0.754. The van der Waals surface area contributed by atoms with Crippen molar-refractivity contribution in [2.75, 3.05) is 7.11 Å². The fourth-order valence-corrected chi connectivity index (χ4v) is 1.95. The highest BCUT2D eigenvalue weighted by Crippen LogP contribution is 2.13. The van der Waals surface area contributed by atoms with Crippen LogP contribution in [0.3, 0.4) is 0 Å². The Morgan fingerprint density at radius 3 is 2.35 bits per heavy atom. The molecule has 7 heteroatoms. The van der Waals surface area contributed by atoms with Gasteiger partial charge in [-0.1, -0.05) is 24.3 Å². The minimum Gasteiger partial charge on any atom is -0.497 e. The van der Waals surface area contributed by atoms with Crippen molar-refractivity contribution in [1.82, 2.24) is 10.6 Å². The molecule has 2 N–H and O–H groups in total. The van der Waals surface area contributed by atoms with E-state index in [0.29, 0.717) is 12.1 Å². The van der Waals surface area contributed by atoms with E-state index >= 15 is 0 Å². The zero-order chi connectivity index (χ0) is 16.7. The maximum Gasteiger partial charge on any atom is 0.315 e. The second-order valence-corrected chi connectivity index (χ2v) is 4.81. The average Bonchev–Trinajstić information content (AvgIpc) is 2.58. The summed E-state index contributed by atoms with van der Waals surface area (Å²) in [6.45, 7) is 0.598. The molecule has 0 saturated carbocycles. The predicted molar refractivity (Wildman–Crippen MR) is 85.2 cm³/mol. The molecule has 0 atom stereocenters. The molecule has 0 aliphatic carbocycles. The van der Waals surface area contributed by atoms with Crippen LogP contribution in [-0.2, 0) is 13.1 Å². The van der Waals surface area contributed by atoms with Crippen molar-refractivity contribution in [3.05, 3.63) is 69.8 Å². The predicted octanol–water partition coefficient (Wildman–Crippen LogP) is 2.60. The summed E-state index contributed by atoms with van der Waals surface area (Å²) in [4.78, 5) is 22.0. The molecule has 0 fully saturated rings. The first kappa shape index (κ1) is 16.3. The zero-order valence-electron chi connectivity index (χ0n) is 12.6. The molecule has 0 aromatic heterocycles. The number of hydrogen-bond donors (Lipinski definition) is 2. The maximum absolute atomic E-state index is 11.8. The van der Waals surface area contributed by atoms with Crippen molar-refractivity contribution < 1.29 is 14.5 Å². The summed E-state index contributed by atoms with van der Waals surface area (Å²) in [6.07, 6.45) is 0. The highest BCUT2D eigenvalue weighted by Gasteiger charge is 2.06. The van der Waals surface area contributed by atoms with Crippen LogP contribution in [0.5, 0.6) is 5.75 Å². The number of nitrogens with one attached hydrogen (secondary N) is 2. The molecular formula is C16H17N3O4. The monoisotopic (exact) mass is 315 g/mol. The maximum atomic E-state index is 11.8. The number of carbonyl (C=O) groups excluding carboxylic acids is 1. The highest BCUT2D eigenvalue weighted by atomic mass is 16.6. The molecule has 0 unspecified atom stereocenters. The van der Waals surface area contributed by atoms with Crippen LogP contribution in [0.15, 0.2) is 48.5 Å². The Labute approximate surface area is 133 Å². The summed E-state index contributed by atoms with van der Waals surface area (Å²) in [6, 6.07) is 13.2. The fraction of sp³-hybridized carbons (Fsp3) is 0.188. The third-order valence-corrected chi connectivity index (χ3v) is 3.19. The number of amides is 2. The van der Waals surface area contributed by atoms with Crippen LogP contribution in [0.2, 0.25) is 0 Å². The molecule has 7 nitrogen and oxygen atoms in total. The third kappa shape index (κ3) is 4.99. The number of ether oxygens (including phenoxy) is 1. The SMILES string of the molecule is COc1ccc(CNC(=O)NCc2cccc([N+](=O)[O-])c2)cc1. The fourth-order valence-electron chi connectivity index (χ4n) is 1.95. The molecule has 0 saturated heterocycles. The Morgan fingerprint density at radius 1 is 1.09 bits per heavy atom. The van der Waals surface area contributed by atoms with Crippen molar-refractivity contribution >= 4 is 11.7 Å². The smallest absolute Gasteiger partial charge is 0.315 e. The van der Waals surface area contributed by atoms with E-state index in [-0.39, 0.29) is 18.3 Å². The summed E-state index contributed by atoms with van der Waals surface area (Å²) in [5.41, 5.74) is 1.61. The highest BCUT2D eigenvalue weighted by molar-refractivity contribution is 5.73. The van der Waals surface area contributed by atoms with Gasteiger partial charge in [0.25, 0.3) is 5.69 Å². The number of nitro groups is 1. The number of urea groups is 1. The van der Waals surface area contributed by atoms with Gasteiger partial charge in [-0.2, -0.15) is 0 Å². The summed E-state index contributed by atoms with van der Waals surface area (Å²) < 4.78 is 5.06. The lowest BCUT2D eigenvalue weighted by atomic mass is 10.2. The molecule has 2 aromatic rings. The third-order valence-electron chi connectivity index (χ3n) is 3.19. The minimum atomic E-state index is -0.465. The Kier molecular flexibility index (Phi) is 5.51. The van der Waals surface area contributed by atoms with Crippen molar-refractivity contribution in [3.8, 4) is 5.75 Å². The van der Waals surface area contributed by atoms with Crippen LogP contribution in [-0.4, -0.2) is 18.1 Å². The quantitative estimate of drug-likeness (QED) is 0.633. The molecule has 2 amide bonds. The minimum absolute atomic E-state index is 0.00272. The number of nitrogens with zero attached hydrogens (tertiary/aromatic N) is 1. The second-order valence-electron chi connectivity index (χ2n) is 4.81. The van der Waals surface area contributed by atoms with E-state index in [2.05, 4.69) is 10.6 Å². The van der Waals surface area contributed by atoms with Gasteiger partial charge in [0.1, 0.15) is 5.75 Å². The van der Waals surface area contributed by atoms with Gasteiger partial charge in [0, 0.05) is 25.2 Å². The van der Waals surface area contributed by atoms with Crippen LogP contribution in [0, 0.1) is 10.1 Å². The first-order chi connectivity index (χ1) is 11.1. The van der Waals surface area contributed by atoms with Gasteiger partial charge in [-0.05, 0) is 23.3 Å². The van der Waals surface area contributed by atoms with Crippen LogP contribution in [0.25, 0.3) is 0 Å². The topological polar surface area (TPSA) is 93.5 Å². The lowest BCUT2D eigenvalue weighted by Gasteiger charge is -2.08. The van der Waals surface area contributed by atoms with Gasteiger partial charge in [0.2, 0.25) is 0 Å². The molecule has 0 radical (unpaired) electrons. The molecular weight excluding hydrogens is 298 g/mol. The van der Waals surface area contributed by atoms with Crippen molar-refractivity contribution in [3.63, 3.8) is 0 Å². The average molecular weight is 315 g/mol. The number of non-ortho nitro benzene ring substituents is 1. The molecule has 2 rings (SSSR count). The van der Waals surface area contributed by atoms with Gasteiger partial charge in [-0.15, -0.1) is 0 Å². The first-order valence-electron chi connectivity index (χ1n) is 6.96. The Bertz CT molecular complexity index is 686. The summed E-state index contributed by atoms with van der Waals surface area (Å²) in [7, 11) is 1.59. The van der Waals surface area contributed by atoms with Crippen LogP contribution in [0.1, 0.15) is 11.1 Å². The molecule has 0 bridgehead atoms. The second kappa shape index (κ2) is 7.79. The van der Waals surface area contributed by atoms with Crippen molar-refractivity contribution in [2.45, 2.75) is 13.1 Å². The number of carbonyl (C=O) groups is 1. The molecule has 23 heavy (non-hydrogen) atoms. The van der Waals surface area contributed by atoms with E-state index in [1.54, 1.807) is 19.2 Å². The normalized spacial score (nSPS) is 9.96. The molecule has 0 spiro atoms. The standard InChI is InChI=1S/C16H17N3O4/c1-23-15-7-5-12(6-8-15)10-17-16(20)18-11-13-3-2-4-14(9-13)19(21)22/h2-9H,10-11H2,1H3,(H2,17,18,20). The number of hydrogen-bond acceptors (Lipinski definition) is 4. The Hall–Kier alpha value is -3.09. The molecule has 0 heterocycles. The van der Waals surface area contributed by atoms with E-state index < -0.39 is 4.92 Å². The number of nitro benzene ring substituents is 1. The van der Waals surface area contributed by atoms with E-state index in [4.69, 9.17) is 4.74 Å². The lowest BCUT2D eigenvalue weighted by molar-refractivity contribution is -0.384. The first-order valence-corrected chi connectivity index (χ1v) is 6.96. The Morgan fingerprint density at radius 2 is 1.74 bits per heavy atom. The van der Waals surface area contributed by atoms with E-state index in [0.717, 1.165) is 11.3 Å². The molecule has 0 aliphatic heterocycles. The summed E-state index contributed by atoms with van der Waals surface area (Å²) >= 11 is 0. The summed E-state index contributed by atoms with van der Waals surface area (Å²) in [5, 5.41) is 16.1. The van der Waals surface area contributed by atoms with E-state index in [9.17, 15) is 14.9 Å². The largest absolute Gasteiger partial charge is 0.497 e. The van der Waals surface area contributed by atoms with Crippen LogP contribution < -0.4 is 15.4 Å². The van der Waals surface area contributed by atoms with Gasteiger partial charge < -0.3 is 15.4 Å². The number of methoxy groups -OCH3 is 1. The van der Waals surface area contributed by atoms with E-state index in [1.807, 2.05) is 24.3 Å². The zero-order valence-corrected chi connectivity index (χ0v) is 12.6. The van der Waals surface area contributed by atoms with Gasteiger partial charge in [-0.3, -0.25) is 10.1 Å².